The molecule has 0 saturated carbocycles. The molecule has 0 radical (unpaired) electrons. The SMILES string of the molecule is COC(=O)C(C)c1nsc2ccc(Oc3c(F)cc(C(F)(F)F)cc3Cl)cc12. The van der Waals surface area contributed by atoms with E-state index in [1.165, 1.54) is 19.2 Å². The van der Waals surface area contributed by atoms with E-state index in [0.29, 0.717) is 23.2 Å². The number of carbonyl (C=O) groups is 1. The molecule has 0 aliphatic heterocycles. The summed E-state index contributed by atoms with van der Waals surface area (Å²) in [5.74, 6) is -2.76. The number of nitrogens with zero attached hydrogens (tertiary/aromatic N) is 1. The van der Waals surface area contributed by atoms with Crippen LogP contribution < -0.4 is 4.74 Å². The number of ether oxygens (including phenoxy) is 2. The molecule has 2 aromatic carbocycles. The maximum atomic E-state index is 14.2. The van der Waals surface area contributed by atoms with E-state index in [1.807, 2.05) is 0 Å². The molecule has 0 fully saturated rings. The van der Waals surface area contributed by atoms with Gasteiger partial charge in [-0.1, -0.05) is 11.6 Å². The molecule has 10 heteroatoms. The number of hydrogen-bond donors (Lipinski definition) is 0. The Kier molecular flexibility index (Phi) is 5.49. The summed E-state index contributed by atoms with van der Waals surface area (Å²) < 4.78 is 67.5. The third-order valence-corrected chi connectivity index (χ3v) is 5.10. The van der Waals surface area contributed by atoms with Crippen molar-refractivity contribution in [1.29, 1.82) is 0 Å². The fourth-order valence-electron chi connectivity index (χ4n) is 2.54. The number of fused-ring (bicyclic) bond motifs is 1. The molecule has 1 unspecified atom stereocenters. The Bertz CT molecular complexity index is 1030. The van der Waals surface area contributed by atoms with Crippen LogP contribution in [0, 0.1) is 5.82 Å². The quantitative estimate of drug-likeness (QED) is 0.364. The van der Waals surface area contributed by atoms with Crippen LogP contribution in [-0.2, 0) is 15.7 Å². The maximum absolute atomic E-state index is 14.2. The van der Waals surface area contributed by atoms with Crippen LogP contribution in [0.3, 0.4) is 0 Å². The first-order valence-corrected chi connectivity index (χ1v) is 8.98. The van der Waals surface area contributed by atoms with Crippen molar-refractivity contribution in [3.05, 3.63) is 52.4 Å². The van der Waals surface area contributed by atoms with Crippen LogP contribution in [0.15, 0.2) is 30.3 Å². The monoisotopic (exact) mass is 433 g/mol. The highest BCUT2D eigenvalue weighted by Gasteiger charge is 2.32. The van der Waals surface area contributed by atoms with Gasteiger partial charge in [0, 0.05) is 5.39 Å². The lowest BCUT2D eigenvalue weighted by Gasteiger charge is -2.13. The number of aromatic nitrogens is 1. The summed E-state index contributed by atoms with van der Waals surface area (Å²) in [4.78, 5) is 11.8. The van der Waals surface area contributed by atoms with Gasteiger partial charge in [-0.25, -0.2) is 4.39 Å². The molecular formula is C18H12ClF4NO3S. The third kappa shape index (κ3) is 3.90. The summed E-state index contributed by atoms with van der Waals surface area (Å²) in [5, 5.41) is 0.0721. The van der Waals surface area contributed by atoms with E-state index < -0.39 is 40.2 Å². The Labute approximate surface area is 165 Å². The van der Waals surface area contributed by atoms with Gasteiger partial charge < -0.3 is 9.47 Å². The smallest absolute Gasteiger partial charge is 0.416 e. The highest BCUT2D eigenvalue weighted by atomic mass is 35.5. The Morgan fingerprint density at radius 3 is 2.57 bits per heavy atom. The standard InChI is InChI=1S/C18H12ClF4NO3S/c1-8(17(25)26-2)15-11-7-10(3-4-14(11)28-24-15)27-16-12(19)5-9(6-13(16)20)18(21,22)23/h3-8H,1-2H3. The van der Waals surface area contributed by atoms with E-state index in [0.717, 1.165) is 16.2 Å². The van der Waals surface area contributed by atoms with Gasteiger partial charge in [-0.2, -0.15) is 17.5 Å². The number of methoxy groups -OCH3 is 1. The molecular weight excluding hydrogens is 422 g/mol. The van der Waals surface area contributed by atoms with Gasteiger partial charge in [0.2, 0.25) is 0 Å². The zero-order valence-corrected chi connectivity index (χ0v) is 16.0. The molecule has 0 bridgehead atoms. The minimum absolute atomic E-state index is 0.131. The van der Waals surface area contributed by atoms with Crippen molar-refractivity contribution >= 4 is 39.2 Å². The fraction of sp³-hybridized carbons (Fsp3) is 0.222. The molecule has 0 amide bonds. The average molecular weight is 434 g/mol. The van der Waals surface area contributed by atoms with E-state index in [-0.39, 0.29) is 5.75 Å². The summed E-state index contributed by atoms with van der Waals surface area (Å²) in [7, 11) is 1.26. The zero-order chi connectivity index (χ0) is 20.6. The highest BCUT2D eigenvalue weighted by Crippen LogP contribution is 2.40. The van der Waals surface area contributed by atoms with Crippen molar-refractivity contribution in [2.24, 2.45) is 0 Å². The second-order valence-corrected chi connectivity index (χ2v) is 7.05. The predicted octanol–water partition coefficient (Wildman–Crippen LogP) is 6.18. The molecule has 4 nitrogen and oxygen atoms in total. The molecule has 1 heterocycles. The van der Waals surface area contributed by atoms with Crippen LogP contribution in [0.5, 0.6) is 11.5 Å². The number of esters is 1. The largest absolute Gasteiger partial charge is 0.469 e. The predicted molar refractivity (Wildman–Crippen MR) is 96.5 cm³/mol. The van der Waals surface area contributed by atoms with Crippen LogP contribution in [0.4, 0.5) is 17.6 Å². The van der Waals surface area contributed by atoms with Crippen molar-refractivity contribution in [2.45, 2.75) is 19.0 Å². The van der Waals surface area contributed by atoms with E-state index in [9.17, 15) is 22.4 Å². The molecule has 0 aliphatic rings. The number of halogens is 5. The zero-order valence-electron chi connectivity index (χ0n) is 14.4. The van der Waals surface area contributed by atoms with Gasteiger partial charge in [0.15, 0.2) is 11.6 Å². The second kappa shape index (κ2) is 7.56. The molecule has 1 aromatic heterocycles. The van der Waals surface area contributed by atoms with Gasteiger partial charge >= 0.3 is 12.1 Å². The first-order chi connectivity index (χ1) is 13.1. The molecule has 148 valence electrons. The van der Waals surface area contributed by atoms with Crippen molar-refractivity contribution in [3.8, 4) is 11.5 Å². The maximum Gasteiger partial charge on any atom is 0.416 e. The van der Waals surface area contributed by atoms with E-state index in [2.05, 4.69) is 4.37 Å². The summed E-state index contributed by atoms with van der Waals surface area (Å²) >= 11 is 6.95. The summed E-state index contributed by atoms with van der Waals surface area (Å²) in [6.07, 6.45) is -4.73. The Balaban J connectivity index is 1.98. The minimum Gasteiger partial charge on any atom is -0.469 e. The Morgan fingerprint density at radius 1 is 1.25 bits per heavy atom. The topological polar surface area (TPSA) is 48.4 Å². The van der Waals surface area contributed by atoms with Gasteiger partial charge in [0.1, 0.15) is 5.75 Å². The number of rotatable bonds is 4. The minimum atomic E-state index is -4.73. The number of hydrogen-bond acceptors (Lipinski definition) is 5. The molecule has 1 atom stereocenters. The summed E-state index contributed by atoms with van der Waals surface area (Å²) in [5.41, 5.74) is -0.759. The van der Waals surface area contributed by atoms with Gasteiger partial charge in [0.25, 0.3) is 0 Å². The lowest BCUT2D eigenvalue weighted by atomic mass is 10.0. The van der Waals surface area contributed by atoms with Gasteiger partial charge in [-0.15, -0.1) is 0 Å². The normalized spacial score (nSPS) is 12.8. The van der Waals surface area contributed by atoms with Crippen LogP contribution in [0.2, 0.25) is 5.02 Å². The van der Waals surface area contributed by atoms with Gasteiger partial charge in [0.05, 0.1) is 34.0 Å². The average Bonchev–Trinajstić information content (AvgIpc) is 3.05. The van der Waals surface area contributed by atoms with E-state index in [4.69, 9.17) is 21.1 Å². The number of alkyl halides is 3. The first-order valence-electron chi connectivity index (χ1n) is 7.83. The first kappa shape index (κ1) is 20.3. The van der Waals surface area contributed by atoms with Crippen LogP contribution in [-0.4, -0.2) is 17.5 Å². The summed E-state index contributed by atoms with van der Waals surface area (Å²) in [6, 6.07) is 5.57. The number of benzene rings is 2. The highest BCUT2D eigenvalue weighted by molar-refractivity contribution is 7.13. The number of carbonyl (C=O) groups excluding carboxylic acids is 1. The van der Waals surface area contributed by atoms with E-state index >= 15 is 0 Å². The second-order valence-electron chi connectivity index (χ2n) is 5.84. The van der Waals surface area contributed by atoms with Crippen molar-refractivity contribution in [2.75, 3.05) is 7.11 Å². The molecule has 3 rings (SSSR count). The lowest BCUT2D eigenvalue weighted by Crippen LogP contribution is -2.11. The van der Waals surface area contributed by atoms with Crippen LogP contribution in [0.1, 0.15) is 24.1 Å². The fourth-order valence-corrected chi connectivity index (χ4v) is 3.63. The third-order valence-electron chi connectivity index (χ3n) is 3.98. The Hall–Kier alpha value is -2.39. The molecule has 0 saturated heterocycles. The molecule has 28 heavy (non-hydrogen) atoms. The molecule has 0 N–H and O–H groups in total. The van der Waals surface area contributed by atoms with Crippen LogP contribution >= 0.6 is 23.1 Å². The van der Waals surface area contributed by atoms with Crippen molar-refractivity contribution < 1.29 is 31.8 Å². The molecule has 3 aromatic rings. The molecule has 0 aliphatic carbocycles. The van der Waals surface area contributed by atoms with Gasteiger partial charge in [-0.3, -0.25) is 4.79 Å². The van der Waals surface area contributed by atoms with Gasteiger partial charge in [-0.05, 0) is 48.8 Å². The van der Waals surface area contributed by atoms with Crippen molar-refractivity contribution in [3.63, 3.8) is 0 Å². The van der Waals surface area contributed by atoms with Crippen molar-refractivity contribution in [1.82, 2.24) is 4.37 Å². The van der Waals surface area contributed by atoms with Crippen LogP contribution in [0.25, 0.3) is 10.1 Å². The van der Waals surface area contributed by atoms with E-state index in [1.54, 1.807) is 13.0 Å². The lowest BCUT2D eigenvalue weighted by molar-refractivity contribution is -0.142. The summed E-state index contributed by atoms with van der Waals surface area (Å²) in [6.45, 7) is 1.63. The molecule has 0 spiro atoms. The Morgan fingerprint density at radius 2 is 1.96 bits per heavy atom.